The van der Waals surface area contributed by atoms with E-state index in [0.717, 1.165) is 24.7 Å². The molecule has 2 unspecified atom stereocenters. The van der Waals surface area contributed by atoms with E-state index in [-0.39, 0.29) is 0 Å². The summed E-state index contributed by atoms with van der Waals surface area (Å²) < 4.78 is 0. The van der Waals surface area contributed by atoms with Gasteiger partial charge in [0.25, 0.3) is 0 Å². The zero-order valence-electron chi connectivity index (χ0n) is 10.6. The molecule has 1 aromatic carbocycles. The predicted octanol–water partition coefficient (Wildman–Crippen LogP) is 3.08. The van der Waals surface area contributed by atoms with E-state index in [1.165, 1.54) is 12.0 Å². The first kappa shape index (κ1) is 12.9. The van der Waals surface area contributed by atoms with Crippen molar-refractivity contribution in [2.75, 3.05) is 19.6 Å². The van der Waals surface area contributed by atoms with Crippen LogP contribution < -0.4 is 5.32 Å². The van der Waals surface area contributed by atoms with E-state index in [0.29, 0.717) is 12.1 Å². The first-order chi connectivity index (χ1) is 8.22. The van der Waals surface area contributed by atoms with Crippen LogP contribution in [0.4, 0.5) is 0 Å². The third-order valence-corrected chi connectivity index (χ3v) is 3.93. The van der Waals surface area contributed by atoms with Crippen molar-refractivity contribution < 1.29 is 0 Å². The Hall–Kier alpha value is -0.570. The topological polar surface area (TPSA) is 15.3 Å². The highest BCUT2D eigenvalue weighted by atomic mass is 35.5. The van der Waals surface area contributed by atoms with Gasteiger partial charge < -0.3 is 5.32 Å². The summed E-state index contributed by atoms with van der Waals surface area (Å²) >= 11 is 6.07. The van der Waals surface area contributed by atoms with Crippen LogP contribution in [0.25, 0.3) is 0 Å². The number of rotatable bonds is 3. The van der Waals surface area contributed by atoms with E-state index < -0.39 is 0 Å². The van der Waals surface area contributed by atoms with E-state index in [1.54, 1.807) is 0 Å². The highest BCUT2D eigenvalue weighted by molar-refractivity contribution is 6.30. The van der Waals surface area contributed by atoms with Gasteiger partial charge in [-0.3, -0.25) is 4.90 Å². The van der Waals surface area contributed by atoms with Crippen LogP contribution in [-0.4, -0.2) is 30.6 Å². The quantitative estimate of drug-likeness (QED) is 0.890. The number of halogens is 1. The molecule has 0 spiro atoms. The summed E-state index contributed by atoms with van der Waals surface area (Å²) in [6.45, 7) is 7.84. The molecule has 2 nitrogen and oxygen atoms in total. The molecule has 0 amide bonds. The zero-order chi connectivity index (χ0) is 12.3. The Bertz CT molecular complexity index is 367. The van der Waals surface area contributed by atoms with Gasteiger partial charge in [0.05, 0.1) is 0 Å². The van der Waals surface area contributed by atoms with Gasteiger partial charge in [-0.1, -0.05) is 30.7 Å². The summed E-state index contributed by atoms with van der Waals surface area (Å²) in [4.78, 5) is 2.59. The minimum absolute atomic E-state index is 0.445. The second-order valence-corrected chi connectivity index (χ2v) is 5.17. The Labute approximate surface area is 109 Å². The van der Waals surface area contributed by atoms with Gasteiger partial charge in [0.1, 0.15) is 0 Å². The van der Waals surface area contributed by atoms with Crippen molar-refractivity contribution in [2.45, 2.75) is 32.4 Å². The fourth-order valence-corrected chi connectivity index (χ4v) is 2.82. The van der Waals surface area contributed by atoms with E-state index in [1.807, 2.05) is 12.1 Å². The maximum Gasteiger partial charge on any atom is 0.0409 e. The Morgan fingerprint density at radius 2 is 2.35 bits per heavy atom. The van der Waals surface area contributed by atoms with Gasteiger partial charge >= 0.3 is 0 Å². The highest BCUT2D eigenvalue weighted by Crippen LogP contribution is 2.26. The fraction of sp³-hybridized carbons (Fsp3) is 0.571. The van der Waals surface area contributed by atoms with Crippen molar-refractivity contribution in [3.63, 3.8) is 0 Å². The van der Waals surface area contributed by atoms with Crippen molar-refractivity contribution in [3.05, 3.63) is 34.9 Å². The summed E-state index contributed by atoms with van der Waals surface area (Å²) in [5, 5.41) is 4.30. The lowest BCUT2D eigenvalue weighted by Crippen LogP contribution is -2.51. The number of benzene rings is 1. The summed E-state index contributed by atoms with van der Waals surface area (Å²) in [7, 11) is 0. The molecule has 1 aromatic rings. The molecule has 1 saturated heterocycles. The maximum absolute atomic E-state index is 6.07. The van der Waals surface area contributed by atoms with Crippen LogP contribution >= 0.6 is 11.6 Å². The number of nitrogens with one attached hydrogen (secondary N) is 1. The summed E-state index contributed by atoms with van der Waals surface area (Å²) in [5.41, 5.74) is 1.32. The molecule has 2 rings (SSSR count). The second-order valence-electron chi connectivity index (χ2n) is 4.74. The van der Waals surface area contributed by atoms with Crippen molar-refractivity contribution >= 4 is 11.6 Å². The summed E-state index contributed by atoms with van der Waals surface area (Å²) in [5.74, 6) is 0. The van der Waals surface area contributed by atoms with Crippen molar-refractivity contribution in [1.82, 2.24) is 10.2 Å². The molecule has 1 aliphatic heterocycles. The third kappa shape index (κ3) is 3.01. The smallest absolute Gasteiger partial charge is 0.0409 e. The fourth-order valence-electron chi connectivity index (χ4n) is 2.62. The van der Waals surface area contributed by atoms with E-state index in [4.69, 9.17) is 11.6 Å². The van der Waals surface area contributed by atoms with Crippen LogP contribution in [0.2, 0.25) is 5.02 Å². The van der Waals surface area contributed by atoms with Gasteiger partial charge in [-0.05, 0) is 31.0 Å². The van der Waals surface area contributed by atoms with Crippen LogP contribution in [0.3, 0.4) is 0 Å². The normalized spacial score (nSPS) is 23.6. The average molecular weight is 253 g/mol. The number of piperazine rings is 1. The molecule has 0 saturated carbocycles. The highest BCUT2D eigenvalue weighted by Gasteiger charge is 2.25. The third-order valence-electron chi connectivity index (χ3n) is 3.70. The summed E-state index contributed by atoms with van der Waals surface area (Å²) in [6.07, 6.45) is 1.19. The average Bonchev–Trinajstić information content (AvgIpc) is 2.38. The van der Waals surface area contributed by atoms with Crippen LogP contribution in [-0.2, 0) is 0 Å². The van der Waals surface area contributed by atoms with Crippen molar-refractivity contribution in [1.29, 1.82) is 0 Å². The first-order valence-corrected chi connectivity index (χ1v) is 6.82. The van der Waals surface area contributed by atoms with Crippen molar-refractivity contribution in [2.24, 2.45) is 0 Å². The van der Waals surface area contributed by atoms with Crippen LogP contribution in [0.1, 0.15) is 31.9 Å². The van der Waals surface area contributed by atoms with Gasteiger partial charge in [0, 0.05) is 36.7 Å². The van der Waals surface area contributed by atoms with E-state index in [2.05, 4.69) is 36.2 Å². The molecule has 0 aliphatic carbocycles. The molecule has 1 heterocycles. The largest absolute Gasteiger partial charge is 0.314 e. The SMILES string of the molecule is CCC1CNCCN1C(C)c1cccc(Cl)c1. The predicted molar refractivity (Wildman–Crippen MR) is 73.5 cm³/mol. The molecule has 94 valence electrons. The van der Waals surface area contributed by atoms with Crippen LogP contribution in [0, 0.1) is 0 Å². The Morgan fingerprint density at radius 1 is 1.53 bits per heavy atom. The van der Waals surface area contributed by atoms with Crippen molar-refractivity contribution in [3.8, 4) is 0 Å². The van der Waals surface area contributed by atoms with Crippen LogP contribution in [0.5, 0.6) is 0 Å². The molecule has 3 heteroatoms. The minimum atomic E-state index is 0.445. The number of nitrogens with zero attached hydrogens (tertiary/aromatic N) is 1. The molecular weight excluding hydrogens is 232 g/mol. The number of hydrogen-bond donors (Lipinski definition) is 1. The molecule has 2 atom stereocenters. The van der Waals surface area contributed by atoms with Gasteiger partial charge in [-0.25, -0.2) is 0 Å². The van der Waals surface area contributed by atoms with Gasteiger partial charge in [-0.2, -0.15) is 0 Å². The van der Waals surface area contributed by atoms with E-state index in [9.17, 15) is 0 Å². The van der Waals surface area contributed by atoms with Gasteiger partial charge in [-0.15, -0.1) is 0 Å². The molecule has 0 aromatic heterocycles. The first-order valence-electron chi connectivity index (χ1n) is 6.44. The lowest BCUT2D eigenvalue weighted by atomic mass is 10.0. The standard InChI is InChI=1S/C14H21ClN2/c1-3-14-10-16-7-8-17(14)11(2)12-5-4-6-13(15)9-12/h4-6,9,11,14,16H,3,7-8,10H2,1-2H3. The molecule has 0 bridgehead atoms. The monoisotopic (exact) mass is 252 g/mol. The Kier molecular flexibility index (Phi) is 4.43. The second kappa shape index (κ2) is 5.85. The maximum atomic E-state index is 6.07. The number of hydrogen-bond acceptors (Lipinski definition) is 2. The van der Waals surface area contributed by atoms with Gasteiger partial charge in [0.2, 0.25) is 0 Å². The zero-order valence-corrected chi connectivity index (χ0v) is 11.4. The lowest BCUT2D eigenvalue weighted by Gasteiger charge is -2.40. The molecule has 0 radical (unpaired) electrons. The molecular formula is C14H21ClN2. The molecule has 1 fully saturated rings. The van der Waals surface area contributed by atoms with Crippen LogP contribution in [0.15, 0.2) is 24.3 Å². The Balaban J connectivity index is 2.15. The molecule has 1 aliphatic rings. The van der Waals surface area contributed by atoms with Gasteiger partial charge in [0.15, 0.2) is 0 Å². The molecule has 1 N–H and O–H groups in total. The summed E-state index contributed by atoms with van der Waals surface area (Å²) in [6, 6.07) is 9.31. The lowest BCUT2D eigenvalue weighted by molar-refractivity contribution is 0.112. The Morgan fingerprint density at radius 3 is 3.06 bits per heavy atom. The minimum Gasteiger partial charge on any atom is -0.314 e. The molecule has 17 heavy (non-hydrogen) atoms. The van der Waals surface area contributed by atoms with E-state index >= 15 is 0 Å².